The summed E-state index contributed by atoms with van der Waals surface area (Å²) < 4.78 is 12.6. The second-order valence-corrected chi connectivity index (χ2v) is 11.5. The van der Waals surface area contributed by atoms with E-state index in [1.807, 2.05) is 22.9 Å². The molecule has 3 aromatic rings. The van der Waals surface area contributed by atoms with Crippen molar-refractivity contribution in [2.45, 2.75) is 48.8 Å². The topological polar surface area (TPSA) is 99.2 Å². The maximum Gasteiger partial charge on any atom is 0.349 e. The minimum atomic E-state index is -1.72. The van der Waals surface area contributed by atoms with Gasteiger partial charge >= 0.3 is 5.97 Å². The Morgan fingerprint density at radius 2 is 1.51 bits per heavy atom. The van der Waals surface area contributed by atoms with Gasteiger partial charge in [-0.3, -0.25) is 0 Å². The molecule has 3 aliphatic rings. The fourth-order valence-electron chi connectivity index (χ4n) is 5.40. The van der Waals surface area contributed by atoms with Crippen molar-refractivity contribution in [3.63, 3.8) is 0 Å². The first-order valence-corrected chi connectivity index (χ1v) is 13.3. The zero-order chi connectivity index (χ0) is 24.8. The van der Waals surface area contributed by atoms with Gasteiger partial charge in [0, 0.05) is 12.8 Å². The lowest BCUT2D eigenvalue weighted by atomic mass is 9.95. The molecule has 4 atom stereocenters. The molecule has 0 aliphatic carbocycles. The van der Waals surface area contributed by atoms with Crippen molar-refractivity contribution >= 4 is 34.6 Å². The summed E-state index contributed by atoms with van der Waals surface area (Å²) in [7, 11) is 4.49. The number of carboxylic acids is 1. The second-order valence-electron chi connectivity index (χ2n) is 9.65. The van der Waals surface area contributed by atoms with Gasteiger partial charge in [0.05, 0.1) is 29.8 Å². The largest absolute Gasteiger partial charge is 0.545 e. The van der Waals surface area contributed by atoms with Crippen molar-refractivity contribution in [1.82, 2.24) is 0 Å². The predicted octanol–water partition coefficient (Wildman–Crippen LogP) is 2.40. The molecule has 5 heterocycles. The number of hydrogen-bond donors (Lipinski definition) is 1. The number of hydrogen-bond acceptors (Lipinski definition) is 8. The highest BCUT2D eigenvalue weighted by atomic mass is 32.1. The quantitative estimate of drug-likeness (QED) is 0.320. The lowest BCUT2D eigenvalue weighted by molar-refractivity contribution is -0.938. The number of thiophene rings is 2. The average molecular weight is 514 g/mol. The zero-order valence-corrected chi connectivity index (χ0v) is 21.0. The molecule has 4 unspecified atom stereocenters. The molecule has 1 aromatic carbocycles. The number of carbonyl (C=O) groups excluding carboxylic acids is 2. The van der Waals surface area contributed by atoms with E-state index in [0.717, 1.165) is 17.3 Å². The zero-order valence-electron chi connectivity index (χ0n) is 19.4. The van der Waals surface area contributed by atoms with Crippen LogP contribution in [0.1, 0.15) is 33.0 Å². The average Bonchev–Trinajstić information content (AvgIpc) is 3.19. The standard InChI is InChI=1S/C19H22NO4S2.C7H6O2/c1-20(2)12-9-11(10-13(20)17-16(12)24-17)23-18(21)19(22,14-5-3-7-25-14)15-6-4-8-26-15;8-7(9)6-4-2-1-3-5-6/h3-8,11-13,16-17,22H,9-10H2,1-2H3;1-5H,(H,8,9)/q+1;/p-1. The summed E-state index contributed by atoms with van der Waals surface area (Å²) in [5, 5.41) is 25.2. The molecule has 0 saturated carbocycles. The summed E-state index contributed by atoms with van der Waals surface area (Å²) >= 11 is 2.74. The highest BCUT2D eigenvalue weighted by molar-refractivity contribution is 7.12. The summed E-state index contributed by atoms with van der Waals surface area (Å²) in [5.74, 6) is -1.69. The van der Waals surface area contributed by atoms with Gasteiger partial charge in [0.25, 0.3) is 0 Å². The molecule has 6 rings (SSSR count). The van der Waals surface area contributed by atoms with Crippen LogP contribution in [0.2, 0.25) is 0 Å². The predicted molar refractivity (Wildman–Crippen MR) is 130 cm³/mol. The third-order valence-electron chi connectivity index (χ3n) is 7.37. The van der Waals surface area contributed by atoms with Crippen LogP contribution in [0.4, 0.5) is 0 Å². The molecular formula is C26H27NO6S2. The summed E-state index contributed by atoms with van der Waals surface area (Å²) in [5.41, 5.74) is -1.50. The Balaban J connectivity index is 0.000000239. The van der Waals surface area contributed by atoms with Crippen LogP contribution in [0.25, 0.3) is 0 Å². The van der Waals surface area contributed by atoms with E-state index in [1.54, 1.807) is 30.3 Å². The van der Waals surface area contributed by atoms with Crippen LogP contribution >= 0.6 is 22.7 Å². The normalized spacial score (nSPS) is 27.8. The van der Waals surface area contributed by atoms with Crippen LogP contribution < -0.4 is 5.11 Å². The van der Waals surface area contributed by atoms with Crippen molar-refractivity contribution < 1.29 is 33.8 Å². The van der Waals surface area contributed by atoms with Crippen molar-refractivity contribution in [3.8, 4) is 0 Å². The molecule has 0 spiro atoms. The van der Waals surface area contributed by atoms with E-state index >= 15 is 0 Å². The van der Waals surface area contributed by atoms with Gasteiger partial charge < -0.3 is 29.0 Å². The van der Waals surface area contributed by atoms with Gasteiger partial charge in [-0.15, -0.1) is 22.7 Å². The summed E-state index contributed by atoms with van der Waals surface area (Å²) in [6.07, 6.45) is 2.05. The van der Waals surface area contributed by atoms with Crippen molar-refractivity contribution in [3.05, 3.63) is 80.7 Å². The Morgan fingerprint density at radius 3 is 1.94 bits per heavy atom. The van der Waals surface area contributed by atoms with Crippen LogP contribution in [0.5, 0.6) is 0 Å². The van der Waals surface area contributed by atoms with Gasteiger partial charge in [-0.2, -0.15) is 0 Å². The second kappa shape index (κ2) is 9.15. The number of carbonyl (C=O) groups is 2. The number of quaternary nitrogens is 1. The summed E-state index contributed by atoms with van der Waals surface area (Å²) in [4.78, 5) is 24.4. The fourth-order valence-corrected chi connectivity index (χ4v) is 7.12. The SMILES string of the molecule is C[N+]1(C)C2CC(OC(=O)C(O)(c3cccs3)c3cccs3)CC1C1OC12.O=C([O-])c1ccccc1. The molecule has 35 heavy (non-hydrogen) atoms. The fraction of sp³-hybridized carbons (Fsp3) is 0.385. The maximum absolute atomic E-state index is 13.1. The highest BCUT2D eigenvalue weighted by Crippen LogP contribution is 2.52. The third-order valence-corrected chi connectivity index (χ3v) is 9.33. The number of esters is 1. The van der Waals surface area contributed by atoms with E-state index in [2.05, 4.69) is 14.1 Å². The maximum atomic E-state index is 13.1. The number of aromatic carboxylic acids is 1. The molecule has 2 bridgehead atoms. The molecule has 3 aliphatic heterocycles. The first-order valence-electron chi connectivity index (χ1n) is 11.5. The van der Waals surface area contributed by atoms with Gasteiger partial charge in [0.15, 0.2) is 0 Å². The Hall–Kier alpha value is -2.56. The van der Waals surface area contributed by atoms with Gasteiger partial charge in [-0.05, 0) is 28.5 Å². The summed E-state index contributed by atoms with van der Waals surface area (Å²) in [6, 6.07) is 16.1. The molecule has 3 fully saturated rings. The number of aliphatic hydroxyl groups is 1. The van der Waals surface area contributed by atoms with E-state index in [9.17, 15) is 19.8 Å². The van der Waals surface area contributed by atoms with Gasteiger partial charge in [-0.25, -0.2) is 4.79 Å². The highest BCUT2D eigenvalue weighted by Gasteiger charge is 2.71. The van der Waals surface area contributed by atoms with Crippen LogP contribution in [-0.2, 0) is 19.9 Å². The number of nitrogens with zero attached hydrogens (tertiary/aromatic N) is 1. The van der Waals surface area contributed by atoms with E-state index in [1.165, 1.54) is 34.8 Å². The van der Waals surface area contributed by atoms with Crippen LogP contribution in [-0.4, -0.2) is 66.0 Å². The Bertz CT molecular complexity index is 1120. The van der Waals surface area contributed by atoms with E-state index < -0.39 is 17.5 Å². The number of likely N-dealkylation sites (N-methyl/N-ethyl adjacent to an activating group) is 1. The van der Waals surface area contributed by atoms with Crippen LogP contribution in [0, 0.1) is 0 Å². The van der Waals surface area contributed by atoms with Crippen molar-refractivity contribution in [2.75, 3.05) is 14.1 Å². The number of benzene rings is 1. The number of rotatable bonds is 5. The number of carboxylic acid groups (broad SMARTS) is 1. The number of epoxide rings is 1. The van der Waals surface area contributed by atoms with Crippen molar-refractivity contribution in [2.24, 2.45) is 0 Å². The molecule has 2 aromatic heterocycles. The Labute approximate surface area is 211 Å². The third kappa shape index (κ3) is 4.32. The number of fused-ring (bicyclic) bond motifs is 5. The molecule has 1 N–H and O–H groups in total. The van der Waals surface area contributed by atoms with Crippen molar-refractivity contribution in [1.29, 1.82) is 0 Å². The lowest BCUT2D eigenvalue weighted by Crippen LogP contribution is -2.60. The van der Waals surface area contributed by atoms with E-state index in [4.69, 9.17) is 9.47 Å². The molecule has 0 radical (unpaired) electrons. The van der Waals surface area contributed by atoms with Crippen LogP contribution in [0.15, 0.2) is 65.4 Å². The molecular weight excluding hydrogens is 486 g/mol. The number of piperidine rings is 1. The summed E-state index contributed by atoms with van der Waals surface area (Å²) in [6.45, 7) is 0. The van der Waals surface area contributed by atoms with Gasteiger partial charge in [0.2, 0.25) is 5.60 Å². The minimum absolute atomic E-state index is 0.161. The Morgan fingerprint density at radius 1 is 0.971 bits per heavy atom. The molecule has 0 amide bonds. The minimum Gasteiger partial charge on any atom is -0.545 e. The van der Waals surface area contributed by atoms with E-state index in [-0.39, 0.29) is 11.7 Å². The van der Waals surface area contributed by atoms with E-state index in [0.29, 0.717) is 34.0 Å². The first-order chi connectivity index (χ1) is 16.7. The molecule has 7 nitrogen and oxygen atoms in total. The molecule has 184 valence electrons. The van der Waals surface area contributed by atoms with Crippen LogP contribution in [0.3, 0.4) is 0 Å². The lowest BCUT2D eigenvalue weighted by Gasteiger charge is -2.45. The first kappa shape index (κ1) is 24.1. The molecule has 3 saturated heterocycles. The smallest absolute Gasteiger partial charge is 0.349 e. The number of ether oxygens (including phenoxy) is 2. The monoisotopic (exact) mass is 513 g/mol. The van der Waals surface area contributed by atoms with Gasteiger partial charge in [0.1, 0.15) is 30.4 Å². The van der Waals surface area contributed by atoms with Gasteiger partial charge in [-0.1, -0.05) is 42.5 Å². The number of morpholine rings is 1. The Kier molecular flexibility index (Phi) is 6.31. The molecule has 9 heteroatoms.